The fourth-order valence-electron chi connectivity index (χ4n) is 3.34. The Morgan fingerprint density at radius 2 is 1.57 bits per heavy atom. The molecule has 0 spiro atoms. The Labute approximate surface area is 176 Å². The van der Waals surface area contributed by atoms with Gasteiger partial charge in [0.25, 0.3) is 11.8 Å². The second-order valence-corrected chi connectivity index (χ2v) is 6.80. The Bertz CT molecular complexity index is 906. The molecule has 7 heteroatoms. The van der Waals surface area contributed by atoms with Crippen molar-refractivity contribution in [3.8, 4) is 11.5 Å². The zero-order chi connectivity index (χ0) is 21.5. The van der Waals surface area contributed by atoms with E-state index in [-0.39, 0.29) is 30.7 Å². The number of hydrogen-bond acceptors (Lipinski definition) is 5. The highest BCUT2D eigenvalue weighted by molar-refractivity contribution is 6.21. The molecule has 1 aliphatic rings. The molecule has 0 bridgehead atoms. The van der Waals surface area contributed by atoms with Crippen LogP contribution in [0.5, 0.6) is 11.5 Å². The van der Waals surface area contributed by atoms with Crippen molar-refractivity contribution in [2.45, 2.75) is 26.7 Å². The number of ether oxygens (including phenoxy) is 2. The number of carbonyl (C=O) groups is 3. The number of fused-ring (bicyclic) bond motifs is 1. The normalized spacial score (nSPS) is 12.7. The molecule has 0 fully saturated rings. The molecule has 2 aromatic carbocycles. The maximum absolute atomic E-state index is 12.3. The van der Waals surface area contributed by atoms with E-state index in [1.165, 1.54) is 0 Å². The molecule has 3 amide bonds. The van der Waals surface area contributed by atoms with Gasteiger partial charge in [-0.05, 0) is 50.1 Å². The minimum absolute atomic E-state index is 0.0652. The first-order valence-electron chi connectivity index (χ1n) is 10.2. The van der Waals surface area contributed by atoms with Crippen LogP contribution < -0.4 is 14.8 Å². The van der Waals surface area contributed by atoms with Gasteiger partial charge in [-0.25, -0.2) is 0 Å². The summed E-state index contributed by atoms with van der Waals surface area (Å²) in [6.07, 6.45) is 0.699. The van der Waals surface area contributed by atoms with Crippen LogP contribution in [0.15, 0.2) is 42.5 Å². The number of nitrogens with zero attached hydrogens (tertiary/aromatic N) is 1. The van der Waals surface area contributed by atoms with Crippen LogP contribution in [-0.4, -0.2) is 48.9 Å². The van der Waals surface area contributed by atoms with Gasteiger partial charge in [-0.2, -0.15) is 0 Å². The van der Waals surface area contributed by atoms with Gasteiger partial charge < -0.3 is 14.8 Å². The monoisotopic (exact) mass is 410 g/mol. The fourth-order valence-corrected chi connectivity index (χ4v) is 3.34. The first kappa shape index (κ1) is 21.4. The van der Waals surface area contributed by atoms with Crippen LogP contribution >= 0.6 is 0 Å². The SMILES string of the molecule is CCOc1ccc(CCNC(=O)CCN2C(=O)c3ccccc3C2=O)cc1OCC. The van der Waals surface area contributed by atoms with Crippen molar-refractivity contribution in [3.05, 3.63) is 59.2 Å². The number of benzene rings is 2. The van der Waals surface area contributed by atoms with Crippen LogP contribution in [0.2, 0.25) is 0 Å². The maximum atomic E-state index is 12.3. The Hall–Kier alpha value is -3.35. The smallest absolute Gasteiger partial charge is 0.261 e. The van der Waals surface area contributed by atoms with Gasteiger partial charge in [0.2, 0.25) is 5.91 Å². The summed E-state index contributed by atoms with van der Waals surface area (Å²) in [5.41, 5.74) is 1.80. The zero-order valence-corrected chi connectivity index (χ0v) is 17.3. The molecule has 0 aliphatic carbocycles. The van der Waals surface area contributed by atoms with Crippen LogP contribution in [0, 0.1) is 0 Å². The Morgan fingerprint density at radius 3 is 2.20 bits per heavy atom. The first-order valence-corrected chi connectivity index (χ1v) is 10.2. The molecule has 30 heavy (non-hydrogen) atoms. The summed E-state index contributed by atoms with van der Waals surface area (Å²) in [4.78, 5) is 38.0. The number of imide groups is 1. The number of rotatable bonds is 10. The van der Waals surface area contributed by atoms with Gasteiger partial charge in [0.1, 0.15) is 0 Å². The van der Waals surface area contributed by atoms with Crippen LogP contribution in [0.25, 0.3) is 0 Å². The molecular weight excluding hydrogens is 384 g/mol. The van der Waals surface area contributed by atoms with Crippen molar-refractivity contribution in [2.75, 3.05) is 26.3 Å². The third-order valence-corrected chi connectivity index (χ3v) is 4.78. The van der Waals surface area contributed by atoms with Gasteiger partial charge in [-0.1, -0.05) is 18.2 Å². The van der Waals surface area contributed by atoms with Crippen LogP contribution in [0.3, 0.4) is 0 Å². The largest absolute Gasteiger partial charge is 0.490 e. The Kier molecular flexibility index (Phi) is 7.06. The lowest BCUT2D eigenvalue weighted by atomic mass is 10.1. The number of carbonyl (C=O) groups excluding carboxylic acids is 3. The third kappa shape index (κ3) is 4.79. The fraction of sp³-hybridized carbons (Fsp3) is 0.348. The standard InChI is InChI=1S/C23H26N2O5/c1-3-29-19-10-9-16(15-20(19)30-4-2)11-13-24-21(26)12-14-25-22(27)17-7-5-6-8-18(17)23(25)28/h5-10,15H,3-4,11-14H2,1-2H3,(H,24,26). The van der Waals surface area contributed by atoms with E-state index < -0.39 is 0 Å². The lowest BCUT2D eigenvalue weighted by Gasteiger charge is -2.14. The summed E-state index contributed by atoms with van der Waals surface area (Å²) >= 11 is 0. The summed E-state index contributed by atoms with van der Waals surface area (Å²) in [6, 6.07) is 12.4. The van der Waals surface area contributed by atoms with Gasteiger partial charge in [-0.3, -0.25) is 19.3 Å². The Morgan fingerprint density at radius 1 is 0.933 bits per heavy atom. The van der Waals surface area contributed by atoms with Crippen molar-refractivity contribution in [1.82, 2.24) is 10.2 Å². The van der Waals surface area contributed by atoms with Crippen LogP contribution in [0.1, 0.15) is 46.5 Å². The van der Waals surface area contributed by atoms with Gasteiger partial charge in [-0.15, -0.1) is 0 Å². The van der Waals surface area contributed by atoms with E-state index in [0.717, 1.165) is 10.5 Å². The molecule has 0 saturated carbocycles. The molecule has 0 radical (unpaired) electrons. The van der Waals surface area contributed by atoms with Gasteiger partial charge in [0.15, 0.2) is 11.5 Å². The second kappa shape index (κ2) is 9.91. The van der Waals surface area contributed by atoms with Crippen LogP contribution in [-0.2, 0) is 11.2 Å². The number of nitrogens with one attached hydrogen (secondary N) is 1. The highest BCUT2D eigenvalue weighted by Gasteiger charge is 2.34. The lowest BCUT2D eigenvalue weighted by molar-refractivity contribution is -0.121. The molecule has 158 valence electrons. The van der Waals surface area contributed by atoms with E-state index in [0.29, 0.717) is 48.8 Å². The van der Waals surface area contributed by atoms with E-state index in [9.17, 15) is 14.4 Å². The van der Waals surface area contributed by atoms with Gasteiger partial charge >= 0.3 is 0 Å². The Balaban J connectivity index is 1.47. The van der Waals surface area contributed by atoms with Crippen molar-refractivity contribution in [2.24, 2.45) is 0 Å². The molecule has 3 rings (SSSR count). The lowest BCUT2D eigenvalue weighted by Crippen LogP contribution is -2.35. The minimum atomic E-state index is -0.346. The van der Waals surface area contributed by atoms with E-state index in [2.05, 4.69) is 5.32 Å². The van der Waals surface area contributed by atoms with E-state index in [4.69, 9.17) is 9.47 Å². The summed E-state index contributed by atoms with van der Waals surface area (Å²) in [6.45, 7) is 5.44. The molecule has 0 atom stereocenters. The molecule has 1 aliphatic heterocycles. The average Bonchev–Trinajstić information content (AvgIpc) is 2.99. The predicted molar refractivity (Wildman–Crippen MR) is 112 cm³/mol. The molecule has 0 saturated heterocycles. The molecule has 1 heterocycles. The topological polar surface area (TPSA) is 84.9 Å². The number of amides is 3. The molecule has 0 unspecified atom stereocenters. The van der Waals surface area contributed by atoms with Crippen molar-refractivity contribution in [3.63, 3.8) is 0 Å². The summed E-state index contributed by atoms with van der Waals surface area (Å²) in [5, 5.41) is 2.84. The summed E-state index contributed by atoms with van der Waals surface area (Å²) in [7, 11) is 0. The van der Waals surface area contributed by atoms with E-state index in [1.807, 2.05) is 32.0 Å². The van der Waals surface area contributed by atoms with E-state index >= 15 is 0 Å². The second-order valence-electron chi connectivity index (χ2n) is 6.80. The highest BCUT2D eigenvalue weighted by atomic mass is 16.5. The number of hydrogen-bond donors (Lipinski definition) is 1. The van der Waals surface area contributed by atoms with E-state index in [1.54, 1.807) is 24.3 Å². The average molecular weight is 410 g/mol. The summed E-state index contributed by atoms with van der Waals surface area (Å²) < 4.78 is 11.2. The summed E-state index contributed by atoms with van der Waals surface area (Å²) in [5.74, 6) is 0.492. The van der Waals surface area contributed by atoms with Gasteiger partial charge in [0, 0.05) is 19.5 Å². The van der Waals surface area contributed by atoms with Crippen molar-refractivity contribution in [1.29, 1.82) is 0 Å². The molecular formula is C23H26N2O5. The molecule has 1 N–H and O–H groups in total. The van der Waals surface area contributed by atoms with Crippen molar-refractivity contribution >= 4 is 17.7 Å². The van der Waals surface area contributed by atoms with Gasteiger partial charge in [0.05, 0.1) is 24.3 Å². The minimum Gasteiger partial charge on any atom is -0.490 e. The zero-order valence-electron chi connectivity index (χ0n) is 17.3. The molecule has 2 aromatic rings. The maximum Gasteiger partial charge on any atom is 0.261 e. The quantitative estimate of drug-likeness (QED) is 0.609. The first-order chi connectivity index (χ1) is 14.5. The third-order valence-electron chi connectivity index (χ3n) is 4.78. The molecule has 0 aromatic heterocycles. The highest BCUT2D eigenvalue weighted by Crippen LogP contribution is 2.28. The van der Waals surface area contributed by atoms with Crippen molar-refractivity contribution < 1.29 is 23.9 Å². The predicted octanol–water partition coefficient (Wildman–Crippen LogP) is 2.83. The van der Waals surface area contributed by atoms with Crippen LogP contribution in [0.4, 0.5) is 0 Å². The molecule has 7 nitrogen and oxygen atoms in total.